The molecule has 0 saturated carbocycles. The molecule has 2 heterocycles. The number of piperidine rings is 1. The van der Waals surface area contributed by atoms with Crippen LogP contribution >= 0.6 is 0 Å². The van der Waals surface area contributed by atoms with Crippen molar-refractivity contribution < 1.29 is 9.90 Å². The van der Waals surface area contributed by atoms with Crippen molar-refractivity contribution in [3.8, 4) is 0 Å². The fraction of sp³-hybridized carbons (Fsp3) is 0.562. The van der Waals surface area contributed by atoms with Gasteiger partial charge in [-0.3, -0.25) is 9.69 Å². The minimum Gasteiger partial charge on any atom is -0.374 e. The third-order valence-electron chi connectivity index (χ3n) is 5.00. The van der Waals surface area contributed by atoms with Crippen LogP contribution in [-0.4, -0.2) is 48.2 Å². The van der Waals surface area contributed by atoms with Crippen LogP contribution in [0.5, 0.6) is 0 Å². The van der Waals surface area contributed by atoms with Crippen LogP contribution in [0.15, 0.2) is 24.3 Å². The smallest absolute Gasteiger partial charge is 0.150 e. The average Bonchev–Trinajstić information content (AvgIpc) is 3.08. The van der Waals surface area contributed by atoms with Crippen LogP contribution in [0.1, 0.15) is 35.2 Å². The molecule has 2 fully saturated rings. The molecule has 0 bridgehead atoms. The third-order valence-corrected chi connectivity index (χ3v) is 5.00. The number of fused-ring (bicyclic) bond motifs is 1. The highest BCUT2D eigenvalue weighted by molar-refractivity contribution is 5.74. The summed E-state index contributed by atoms with van der Waals surface area (Å²) in [6, 6.07) is 8.19. The number of aliphatic hydroxyl groups is 1. The summed E-state index contributed by atoms with van der Waals surface area (Å²) < 4.78 is 0. The lowest BCUT2D eigenvalue weighted by molar-refractivity contribution is 0.0625. The van der Waals surface area contributed by atoms with Crippen LogP contribution in [0.25, 0.3) is 0 Å². The molecule has 3 rings (SSSR count). The lowest BCUT2D eigenvalue weighted by Crippen LogP contribution is -2.30. The van der Waals surface area contributed by atoms with Crippen molar-refractivity contribution in [3.63, 3.8) is 0 Å². The van der Waals surface area contributed by atoms with Gasteiger partial charge in [-0.2, -0.15) is 0 Å². The van der Waals surface area contributed by atoms with Crippen LogP contribution in [0.4, 0.5) is 0 Å². The molecule has 0 aliphatic carbocycles. The van der Waals surface area contributed by atoms with Crippen molar-refractivity contribution in [2.24, 2.45) is 5.92 Å². The summed E-state index contributed by atoms with van der Waals surface area (Å²) in [5, 5.41) is 13.7. The summed E-state index contributed by atoms with van der Waals surface area (Å²) in [6.07, 6.45) is 1.89. The maximum absolute atomic E-state index is 10.7. The number of aldehydes is 1. The van der Waals surface area contributed by atoms with Gasteiger partial charge in [-0.1, -0.05) is 31.2 Å². The van der Waals surface area contributed by atoms with E-state index in [1.54, 1.807) is 0 Å². The molecule has 5 atom stereocenters. The van der Waals surface area contributed by atoms with Crippen LogP contribution in [0.2, 0.25) is 0 Å². The molecule has 108 valence electrons. The molecule has 2 aliphatic rings. The van der Waals surface area contributed by atoms with E-state index in [1.165, 1.54) is 5.56 Å². The van der Waals surface area contributed by atoms with Gasteiger partial charge in [-0.25, -0.2) is 0 Å². The maximum Gasteiger partial charge on any atom is 0.150 e. The molecule has 0 spiro atoms. The molecule has 1 aromatic carbocycles. The zero-order valence-corrected chi connectivity index (χ0v) is 12.0. The number of carbonyl (C=O) groups excluding carboxylic acids is 1. The predicted octanol–water partition coefficient (Wildman–Crippen LogP) is 1.21. The number of rotatable bonds is 5. The van der Waals surface area contributed by atoms with Gasteiger partial charge in [0, 0.05) is 30.6 Å². The Balaban J connectivity index is 1.75. The normalized spacial score (nSPS) is 36.5. The molecule has 1 aromatic rings. The Hall–Kier alpha value is -1.23. The van der Waals surface area contributed by atoms with Gasteiger partial charge in [0.05, 0.1) is 0 Å². The first-order valence-corrected chi connectivity index (χ1v) is 7.29. The van der Waals surface area contributed by atoms with Gasteiger partial charge in [-0.15, -0.1) is 0 Å². The Morgan fingerprint density at radius 2 is 2.20 bits per heavy atom. The fourth-order valence-electron chi connectivity index (χ4n) is 3.66. The van der Waals surface area contributed by atoms with E-state index in [0.717, 1.165) is 25.8 Å². The van der Waals surface area contributed by atoms with E-state index in [9.17, 15) is 9.90 Å². The third kappa shape index (κ3) is 2.08. The Kier molecular flexibility index (Phi) is 3.40. The summed E-state index contributed by atoms with van der Waals surface area (Å²) in [7, 11) is 1.94. The SMILES string of the molecule is CNC[C@@H]1C[C@@H]([C@H](C)c2ccc(C=O)cc2)N2C[C@@]12O. The highest BCUT2D eigenvalue weighted by Gasteiger charge is 2.65. The van der Waals surface area contributed by atoms with Crippen LogP contribution in [0.3, 0.4) is 0 Å². The first-order chi connectivity index (χ1) is 9.60. The predicted molar refractivity (Wildman–Crippen MR) is 77.7 cm³/mol. The van der Waals surface area contributed by atoms with E-state index >= 15 is 0 Å². The van der Waals surface area contributed by atoms with Crippen LogP contribution < -0.4 is 5.32 Å². The van der Waals surface area contributed by atoms with Crippen molar-refractivity contribution in [3.05, 3.63) is 35.4 Å². The Morgan fingerprint density at radius 1 is 1.50 bits per heavy atom. The number of hydrogen-bond donors (Lipinski definition) is 2. The summed E-state index contributed by atoms with van der Waals surface area (Å²) in [4.78, 5) is 12.9. The zero-order chi connectivity index (χ0) is 14.3. The molecule has 2 aliphatic heterocycles. The quantitative estimate of drug-likeness (QED) is 0.626. The molecule has 1 unspecified atom stereocenters. The van der Waals surface area contributed by atoms with Gasteiger partial charge in [0.2, 0.25) is 0 Å². The van der Waals surface area contributed by atoms with E-state index in [-0.39, 0.29) is 0 Å². The lowest BCUT2D eigenvalue weighted by Gasteiger charge is -2.23. The van der Waals surface area contributed by atoms with Crippen molar-refractivity contribution in [2.45, 2.75) is 31.0 Å². The van der Waals surface area contributed by atoms with E-state index in [2.05, 4.69) is 17.1 Å². The van der Waals surface area contributed by atoms with Gasteiger partial charge >= 0.3 is 0 Å². The van der Waals surface area contributed by atoms with Crippen molar-refractivity contribution in [1.29, 1.82) is 0 Å². The zero-order valence-electron chi connectivity index (χ0n) is 12.0. The van der Waals surface area contributed by atoms with E-state index in [4.69, 9.17) is 0 Å². The number of carbonyl (C=O) groups is 1. The molecule has 4 heteroatoms. The number of nitrogens with zero attached hydrogens (tertiary/aromatic N) is 1. The molecule has 0 aromatic heterocycles. The van der Waals surface area contributed by atoms with Crippen LogP contribution in [-0.2, 0) is 0 Å². The van der Waals surface area contributed by atoms with Gasteiger partial charge in [0.15, 0.2) is 0 Å². The number of nitrogens with one attached hydrogen (secondary N) is 1. The van der Waals surface area contributed by atoms with E-state index in [0.29, 0.717) is 23.4 Å². The van der Waals surface area contributed by atoms with Gasteiger partial charge < -0.3 is 10.4 Å². The van der Waals surface area contributed by atoms with Crippen molar-refractivity contribution in [1.82, 2.24) is 10.2 Å². The molecule has 0 radical (unpaired) electrons. The average molecular weight is 274 g/mol. The largest absolute Gasteiger partial charge is 0.374 e. The molecule has 2 N–H and O–H groups in total. The molecular weight excluding hydrogens is 252 g/mol. The second-order valence-electron chi connectivity index (χ2n) is 6.14. The summed E-state index contributed by atoms with van der Waals surface area (Å²) in [5.74, 6) is 0.681. The first-order valence-electron chi connectivity index (χ1n) is 7.29. The second-order valence-corrected chi connectivity index (χ2v) is 6.14. The Morgan fingerprint density at radius 3 is 2.80 bits per heavy atom. The molecule has 2 saturated heterocycles. The maximum atomic E-state index is 10.7. The van der Waals surface area contributed by atoms with Crippen molar-refractivity contribution >= 4 is 6.29 Å². The fourth-order valence-corrected chi connectivity index (χ4v) is 3.66. The van der Waals surface area contributed by atoms with Gasteiger partial charge in [0.1, 0.15) is 12.0 Å². The van der Waals surface area contributed by atoms with Gasteiger partial charge in [0.25, 0.3) is 0 Å². The molecular formula is C16H22N2O2. The molecule has 0 amide bonds. The summed E-state index contributed by atoms with van der Waals surface area (Å²) in [5.41, 5.74) is 1.37. The van der Waals surface area contributed by atoms with Gasteiger partial charge in [-0.05, 0) is 24.9 Å². The molecule has 20 heavy (non-hydrogen) atoms. The standard InChI is InChI=1S/C16H22N2O2/c1-11(13-5-3-12(9-19)4-6-13)15-7-14(8-17-2)16(20)10-18(15)16/h3-6,9,11,14-15,17,20H,7-8,10H2,1-2H3/t11-,14+,15+,16-,18?/m1/s1. The minimum atomic E-state index is -0.579. The highest BCUT2D eigenvalue weighted by Crippen LogP contribution is 2.52. The topological polar surface area (TPSA) is 52.3 Å². The monoisotopic (exact) mass is 274 g/mol. The Bertz CT molecular complexity index is 502. The minimum absolute atomic E-state index is 0.314. The summed E-state index contributed by atoms with van der Waals surface area (Å²) >= 11 is 0. The van der Waals surface area contributed by atoms with Crippen LogP contribution in [0, 0.1) is 5.92 Å². The van der Waals surface area contributed by atoms with Crippen molar-refractivity contribution in [2.75, 3.05) is 20.1 Å². The second kappa shape index (κ2) is 4.95. The highest BCUT2D eigenvalue weighted by atomic mass is 16.3. The number of hydrogen-bond acceptors (Lipinski definition) is 4. The van der Waals surface area contributed by atoms with E-state index < -0.39 is 5.72 Å². The molecule has 4 nitrogen and oxygen atoms in total. The van der Waals surface area contributed by atoms with E-state index in [1.807, 2.05) is 31.3 Å². The lowest BCUT2D eigenvalue weighted by atomic mass is 9.87. The number of benzene rings is 1. The summed E-state index contributed by atoms with van der Waals surface area (Å²) in [6.45, 7) is 3.86. The Labute approximate surface area is 119 Å². The first kappa shape index (κ1) is 13.7.